The van der Waals surface area contributed by atoms with Gasteiger partial charge < -0.3 is 10.8 Å². The molecule has 0 saturated carbocycles. The Bertz CT molecular complexity index is 569. The van der Waals surface area contributed by atoms with Gasteiger partial charge >= 0.3 is 5.97 Å². The molecule has 0 fully saturated rings. The van der Waals surface area contributed by atoms with E-state index in [0.717, 1.165) is 0 Å². The predicted molar refractivity (Wildman–Crippen MR) is 66.6 cm³/mol. The van der Waals surface area contributed by atoms with Gasteiger partial charge in [-0.2, -0.15) is 0 Å². The summed E-state index contributed by atoms with van der Waals surface area (Å²) in [4.78, 5) is 18.7. The monoisotopic (exact) mass is 261 g/mol. The third-order valence-electron chi connectivity index (χ3n) is 2.60. The predicted octanol–water partition coefficient (Wildman–Crippen LogP) is 1.76. The van der Waals surface area contributed by atoms with Crippen molar-refractivity contribution in [1.29, 1.82) is 0 Å². The number of nitrogens with two attached hydrogens (primary N) is 1. The maximum atomic E-state index is 12.8. The average molecular weight is 261 g/mol. The van der Waals surface area contributed by atoms with Crippen molar-refractivity contribution in [3.05, 3.63) is 48.0 Å². The normalized spacial score (nSPS) is 12.1. The van der Waals surface area contributed by atoms with Gasteiger partial charge in [-0.05, 0) is 24.3 Å². The van der Waals surface area contributed by atoms with E-state index in [0.29, 0.717) is 17.0 Å². The van der Waals surface area contributed by atoms with Crippen molar-refractivity contribution < 1.29 is 14.3 Å². The topological polar surface area (TPSA) is 89.1 Å². The van der Waals surface area contributed by atoms with Crippen LogP contribution in [0.15, 0.2) is 36.7 Å². The minimum Gasteiger partial charge on any atom is -0.481 e. The number of nitrogens with zero attached hydrogens (tertiary/aromatic N) is 2. The summed E-state index contributed by atoms with van der Waals surface area (Å²) in [5, 5.41) is 8.65. The number of carbonyl (C=O) groups is 1. The lowest BCUT2D eigenvalue weighted by Crippen LogP contribution is -2.15. The van der Waals surface area contributed by atoms with Crippen LogP contribution in [0, 0.1) is 5.82 Å². The summed E-state index contributed by atoms with van der Waals surface area (Å²) in [5.74, 6) is -0.870. The SMILES string of the molecule is N[C@@H](CC(=O)O)c1cnc(-c2ccc(F)cc2)nc1. The van der Waals surface area contributed by atoms with E-state index in [1.165, 1.54) is 24.5 Å². The second kappa shape index (κ2) is 5.53. The zero-order chi connectivity index (χ0) is 13.8. The van der Waals surface area contributed by atoms with Crippen LogP contribution in [0.25, 0.3) is 11.4 Å². The lowest BCUT2D eigenvalue weighted by Gasteiger charge is -2.08. The van der Waals surface area contributed by atoms with Crippen LogP contribution in [0.3, 0.4) is 0 Å². The number of carboxylic acids is 1. The van der Waals surface area contributed by atoms with Gasteiger partial charge in [0.2, 0.25) is 0 Å². The smallest absolute Gasteiger partial charge is 0.305 e. The molecule has 0 aliphatic heterocycles. The fraction of sp³-hybridized carbons (Fsp3) is 0.154. The molecule has 0 aliphatic carbocycles. The van der Waals surface area contributed by atoms with Gasteiger partial charge in [-0.3, -0.25) is 4.79 Å². The van der Waals surface area contributed by atoms with E-state index in [2.05, 4.69) is 9.97 Å². The van der Waals surface area contributed by atoms with Crippen molar-refractivity contribution in [3.8, 4) is 11.4 Å². The van der Waals surface area contributed by atoms with Gasteiger partial charge in [0.05, 0.1) is 6.42 Å². The molecule has 98 valence electrons. The number of benzene rings is 1. The molecule has 0 radical (unpaired) electrons. The molecule has 5 nitrogen and oxygen atoms in total. The number of halogens is 1. The molecule has 2 rings (SSSR count). The summed E-state index contributed by atoms with van der Waals surface area (Å²) in [7, 11) is 0. The van der Waals surface area contributed by atoms with Crippen LogP contribution in [0.5, 0.6) is 0 Å². The molecular weight excluding hydrogens is 249 g/mol. The van der Waals surface area contributed by atoms with Gasteiger partial charge in [0.15, 0.2) is 5.82 Å². The molecule has 0 amide bonds. The van der Waals surface area contributed by atoms with E-state index >= 15 is 0 Å². The largest absolute Gasteiger partial charge is 0.481 e. The summed E-state index contributed by atoms with van der Waals surface area (Å²) in [6.45, 7) is 0. The van der Waals surface area contributed by atoms with E-state index in [1.54, 1.807) is 12.1 Å². The van der Waals surface area contributed by atoms with Crippen molar-refractivity contribution in [1.82, 2.24) is 9.97 Å². The highest BCUT2D eigenvalue weighted by Crippen LogP contribution is 2.17. The molecule has 1 aromatic heterocycles. The average Bonchev–Trinajstić information content (AvgIpc) is 2.39. The second-order valence-electron chi connectivity index (χ2n) is 4.05. The van der Waals surface area contributed by atoms with Gasteiger partial charge in [0.1, 0.15) is 5.82 Å². The molecular formula is C13H12FN3O2. The summed E-state index contributed by atoms with van der Waals surface area (Å²) in [5.41, 5.74) is 6.92. The first-order valence-electron chi connectivity index (χ1n) is 5.61. The molecule has 1 aromatic carbocycles. The Hall–Kier alpha value is -2.34. The molecule has 0 spiro atoms. The van der Waals surface area contributed by atoms with E-state index < -0.39 is 12.0 Å². The summed E-state index contributed by atoms with van der Waals surface area (Å²) in [6, 6.07) is 5.15. The Kier molecular flexibility index (Phi) is 3.82. The molecule has 0 bridgehead atoms. The Morgan fingerprint density at radius 2 is 1.84 bits per heavy atom. The van der Waals surface area contributed by atoms with Gasteiger partial charge in [0.25, 0.3) is 0 Å². The first kappa shape index (κ1) is 13.1. The molecule has 1 heterocycles. The highest BCUT2D eigenvalue weighted by Gasteiger charge is 2.11. The third kappa shape index (κ3) is 3.32. The summed E-state index contributed by atoms with van der Waals surface area (Å²) >= 11 is 0. The van der Waals surface area contributed by atoms with Crippen LogP contribution < -0.4 is 5.73 Å². The van der Waals surface area contributed by atoms with Gasteiger partial charge in [-0.1, -0.05) is 0 Å². The van der Waals surface area contributed by atoms with E-state index in [4.69, 9.17) is 10.8 Å². The number of carboxylic acid groups (broad SMARTS) is 1. The molecule has 0 unspecified atom stereocenters. The fourth-order valence-electron chi connectivity index (χ4n) is 1.58. The summed E-state index contributed by atoms with van der Waals surface area (Å²) < 4.78 is 12.8. The second-order valence-corrected chi connectivity index (χ2v) is 4.05. The van der Waals surface area contributed by atoms with Crippen molar-refractivity contribution in [2.24, 2.45) is 5.73 Å². The quantitative estimate of drug-likeness (QED) is 0.875. The lowest BCUT2D eigenvalue weighted by molar-refractivity contribution is -0.137. The van der Waals surface area contributed by atoms with Crippen LogP contribution >= 0.6 is 0 Å². The van der Waals surface area contributed by atoms with Crippen LogP contribution in [0.2, 0.25) is 0 Å². The Morgan fingerprint density at radius 3 is 2.37 bits per heavy atom. The molecule has 0 saturated heterocycles. The highest BCUT2D eigenvalue weighted by molar-refractivity contribution is 5.67. The number of aliphatic carboxylic acids is 1. The molecule has 0 aliphatic rings. The fourth-order valence-corrected chi connectivity index (χ4v) is 1.58. The van der Waals surface area contributed by atoms with Crippen LogP contribution in [-0.4, -0.2) is 21.0 Å². The molecule has 3 N–H and O–H groups in total. The van der Waals surface area contributed by atoms with Crippen molar-refractivity contribution >= 4 is 5.97 Å². The first-order chi connectivity index (χ1) is 9.06. The third-order valence-corrected chi connectivity index (χ3v) is 2.60. The molecule has 2 aromatic rings. The van der Waals surface area contributed by atoms with Crippen molar-refractivity contribution in [3.63, 3.8) is 0 Å². The Balaban J connectivity index is 2.18. The minimum atomic E-state index is -0.977. The standard InChI is InChI=1S/C13H12FN3O2/c14-10-3-1-8(2-4-10)13-16-6-9(7-17-13)11(15)5-12(18)19/h1-4,6-7,11H,5,15H2,(H,18,19)/t11-/m0/s1. The van der Waals surface area contributed by atoms with Gasteiger partial charge in [-0.15, -0.1) is 0 Å². The maximum Gasteiger partial charge on any atom is 0.305 e. The minimum absolute atomic E-state index is 0.181. The zero-order valence-corrected chi connectivity index (χ0v) is 9.95. The zero-order valence-electron chi connectivity index (χ0n) is 9.95. The van der Waals surface area contributed by atoms with Crippen LogP contribution in [-0.2, 0) is 4.79 Å². The number of aromatic nitrogens is 2. The molecule has 6 heteroatoms. The number of hydrogen-bond acceptors (Lipinski definition) is 4. The Morgan fingerprint density at radius 1 is 1.26 bits per heavy atom. The molecule has 19 heavy (non-hydrogen) atoms. The molecule has 1 atom stereocenters. The maximum absolute atomic E-state index is 12.8. The van der Waals surface area contributed by atoms with E-state index in [-0.39, 0.29) is 12.2 Å². The number of rotatable bonds is 4. The first-order valence-corrected chi connectivity index (χ1v) is 5.61. The van der Waals surface area contributed by atoms with Crippen molar-refractivity contribution in [2.45, 2.75) is 12.5 Å². The number of hydrogen-bond donors (Lipinski definition) is 2. The Labute approximate surface area is 108 Å². The lowest BCUT2D eigenvalue weighted by atomic mass is 10.1. The van der Waals surface area contributed by atoms with Crippen molar-refractivity contribution in [2.75, 3.05) is 0 Å². The van der Waals surface area contributed by atoms with Crippen LogP contribution in [0.1, 0.15) is 18.0 Å². The summed E-state index contributed by atoms with van der Waals surface area (Å²) in [6.07, 6.45) is 2.79. The van der Waals surface area contributed by atoms with E-state index in [1.807, 2.05) is 0 Å². The van der Waals surface area contributed by atoms with Gasteiger partial charge in [0, 0.05) is 29.6 Å². The highest BCUT2D eigenvalue weighted by atomic mass is 19.1. The van der Waals surface area contributed by atoms with E-state index in [9.17, 15) is 9.18 Å². The van der Waals surface area contributed by atoms with Gasteiger partial charge in [-0.25, -0.2) is 14.4 Å². The van der Waals surface area contributed by atoms with Crippen LogP contribution in [0.4, 0.5) is 4.39 Å².